The summed E-state index contributed by atoms with van der Waals surface area (Å²) in [6.45, 7) is 0. The van der Waals surface area contributed by atoms with Crippen LogP contribution in [-0.2, 0) is 0 Å². The normalized spacial score (nSPS) is 23.0. The molecule has 0 radical (unpaired) electrons. The molecule has 0 aliphatic heterocycles. The second-order valence-corrected chi connectivity index (χ2v) is 5.84. The van der Waals surface area contributed by atoms with Crippen LogP contribution in [0.2, 0.25) is 5.02 Å². The Bertz CT molecular complexity index is 601. The summed E-state index contributed by atoms with van der Waals surface area (Å²) in [4.78, 5) is 8.77. The Balaban J connectivity index is 1.88. The maximum Gasteiger partial charge on any atom is 0.231 e. The monoisotopic (exact) mass is 306 g/mol. The van der Waals surface area contributed by atoms with E-state index in [0.29, 0.717) is 28.5 Å². The van der Waals surface area contributed by atoms with Gasteiger partial charge in [0.1, 0.15) is 5.69 Å². The molecule has 2 unspecified atom stereocenters. The topological polar surface area (TPSA) is 63.8 Å². The SMILES string of the molecule is CNC1CCCCCC1c1nc(-c2ncccc2Cl)no1. The predicted octanol–water partition coefficient (Wildman–Crippen LogP) is 3.42. The lowest BCUT2D eigenvalue weighted by molar-refractivity contribution is 0.311. The van der Waals surface area contributed by atoms with Crippen molar-refractivity contribution in [2.75, 3.05) is 7.05 Å². The van der Waals surface area contributed by atoms with Gasteiger partial charge in [0.2, 0.25) is 11.7 Å². The molecule has 2 atom stereocenters. The zero-order valence-electron chi connectivity index (χ0n) is 12.1. The molecule has 1 aliphatic rings. The molecule has 0 spiro atoms. The largest absolute Gasteiger partial charge is 0.339 e. The lowest BCUT2D eigenvalue weighted by Crippen LogP contribution is -2.31. The predicted molar refractivity (Wildman–Crippen MR) is 81.2 cm³/mol. The lowest BCUT2D eigenvalue weighted by Gasteiger charge is -2.20. The van der Waals surface area contributed by atoms with Crippen molar-refractivity contribution in [2.45, 2.75) is 44.1 Å². The Morgan fingerprint density at radius 3 is 2.95 bits per heavy atom. The van der Waals surface area contributed by atoms with E-state index in [4.69, 9.17) is 16.1 Å². The number of pyridine rings is 1. The lowest BCUT2D eigenvalue weighted by atomic mass is 9.95. The van der Waals surface area contributed by atoms with Crippen LogP contribution in [-0.4, -0.2) is 28.2 Å². The Morgan fingerprint density at radius 2 is 2.14 bits per heavy atom. The van der Waals surface area contributed by atoms with E-state index in [1.54, 1.807) is 18.3 Å². The van der Waals surface area contributed by atoms with Gasteiger partial charge in [-0.15, -0.1) is 0 Å². The number of aromatic nitrogens is 3. The quantitative estimate of drug-likeness (QED) is 0.880. The fraction of sp³-hybridized carbons (Fsp3) is 0.533. The third-order valence-corrected chi connectivity index (χ3v) is 4.42. The van der Waals surface area contributed by atoms with Gasteiger partial charge < -0.3 is 9.84 Å². The second-order valence-electron chi connectivity index (χ2n) is 5.43. The average molecular weight is 307 g/mol. The van der Waals surface area contributed by atoms with Crippen LogP contribution >= 0.6 is 11.6 Å². The number of likely N-dealkylation sites (N-methyl/N-ethyl adjacent to an activating group) is 1. The van der Waals surface area contributed by atoms with E-state index >= 15 is 0 Å². The molecular formula is C15H19ClN4O. The number of nitrogens with zero attached hydrogens (tertiary/aromatic N) is 3. The first-order valence-corrected chi connectivity index (χ1v) is 7.79. The van der Waals surface area contributed by atoms with E-state index < -0.39 is 0 Å². The van der Waals surface area contributed by atoms with Crippen molar-refractivity contribution in [1.82, 2.24) is 20.4 Å². The molecule has 2 aromatic rings. The molecule has 0 bridgehead atoms. The van der Waals surface area contributed by atoms with Gasteiger partial charge >= 0.3 is 0 Å². The van der Waals surface area contributed by atoms with Gasteiger partial charge in [0.25, 0.3) is 0 Å². The van der Waals surface area contributed by atoms with Crippen LogP contribution in [0.25, 0.3) is 11.5 Å². The molecule has 0 saturated heterocycles. The van der Waals surface area contributed by atoms with Crippen molar-refractivity contribution in [2.24, 2.45) is 0 Å². The molecule has 1 fully saturated rings. The molecule has 0 amide bonds. The van der Waals surface area contributed by atoms with Crippen molar-refractivity contribution >= 4 is 11.6 Å². The van der Waals surface area contributed by atoms with Gasteiger partial charge in [-0.2, -0.15) is 4.98 Å². The van der Waals surface area contributed by atoms with Gasteiger partial charge in [0, 0.05) is 12.2 Å². The summed E-state index contributed by atoms with van der Waals surface area (Å²) in [7, 11) is 2.00. The highest BCUT2D eigenvalue weighted by molar-refractivity contribution is 6.32. The molecule has 2 aromatic heterocycles. The summed E-state index contributed by atoms with van der Waals surface area (Å²) in [5.74, 6) is 1.42. The molecule has 2 heterocycles. The van der Waals surface area contributed by atoms with E-state index in [1.165, 1.54) is 19.3 Å². The summed E-state index contributed by atoms with van der Waals surface area (Å²) in [6.07, 6.45) is 7.60. The molecule has 6 heteroatoms. The summed E-state index contributed by atoms with van der Waals surface area (Å²) in [6, 6.07) is 3.96. The minimum atomic E-state index is 0.265. The smallest absolute Gasteiger partial charge is 0.231 e. The van der Waals surface area contributed by atoms with Crippen molar-refractivity contribution in [3.8, 4) is 11.5 Å². The van der Waals surface area contributed by atoms with E-state index in [2.05, 4.69) is 20.4 Å². The molecule has 21 heavy (non-hydrogen) atoms. The summed E-state index contributed by atoms with van der Waals surface area (Å²) in [5.41, 5.74) is 0.573. The zero-order chi connectivity index (χ0) is 14.7. The molecule has 1 saturated carbocycles. The van der Waals surface area contributed by atoms with Crippen LogP contribution < -0.4 is 5.32 Å². The first-order chi connectivity index (χ1) is 10.3. The molecule has 112 valence electrons. The summed E-state index contributed by atoms with van der Waals surface area (Å²) in [5, 5.41) is 7.98. The standard InChI is InChI=1S/C15H19ClN4O/c1-17-12-8-4-2-3-6-10(12)15-19-14(20-21-15)13-11(16)7-5-9-18-13/h5,7,9-10,12,17H,2-4,6,8H2,1H3. The molecular weight excluding hydrogens is 288 g/mol. The van der Waals surface area contributed by atoms with Crippen LogP contribution in [0.4, 0.5) is 0 Å². The van der Waals surface area contributed by atoms with Gasteiger partial charge in [-0.25, -0.2) is 0 Å². The zero-order valence-corrected chi connectivity index (χ0v) is 12.8. The number of hydrogen-bond acceptors (Lipinski definition) is 5. The summed E-state index contributed by atoms with van der Waals surface area (Å²) < 4.78 is 5.50. The van der Waals surface area contributed by atoms with Gasteiger partial charge in [0.15, 0.2) is 0 Å². The first kappa shape index (κ1) is 14.5. The maximum atomic E-state index is 6.14. The van der Waals surface area contributed by atoms with Gasteiger partial charge in [-0.1, -0.05) is 36.0 Å². The molecule has 1 N–H and O–H groups in total. The fourth-order valence-electron chi connectivity index (χ4n) is 2.98. The average Bonchev–Trinajstić information content (AvgIpc) is 2.85. The van der Waals surface area contributed by atoms with Crippen molar-refractivity contribution in [3.63, 3.8) is 0 Å². The van der Waals surface area contributed by atoms with Crippen LogP contribution in [0.3, 0.4) is 0 Å². The highest BCUT2D eigenvalue weighted by Crippen LogP contribution is 2.32. The third kappa shape index (κ3) is 3.09. The second kappa shape index (κ2) is 6.54. The van der Waals surface area contributed by atoms with E-state index in [-0.39, 0.29) is 5.92 Å². The van der Waals surface area contributed by atoms with E-state index in [1.807, 2.05) is 7.05 Å². The number of hydrogen-bond donors (Lipinski definition) is 1. The van der Waals surface area contributed by atoms with Gasteiger partial charge in [-0.3, -0.25) is 4.98 Å². The Morgan fingerprint density at radius 1 is 1.29 bits per heavy atom. The van der Waals surface area contributed by atoms with E-state index in [0.717, 1.165) is 12.8 Å². The van der Waals surface area contributed by atoms with Crippen LogP contribution in [0.5, 0.6) is 0 Å². The van der Waals surface area contributed by atoms with Gasteiger partial charge in [-0.05, 0) is 32.0 Å². The number of rotatable bonds is 3. The maximum absolute atomic E-state index is 6.14. The van der Waals surface area contributed by atoms with E-state index in [9.17, 15) is 0 Å². The molecule has 0 aromatic carbocycles. The Labute approximate surface area is 129 Å². The molecule has 5 nitrogen and oxygen atoms in total. The Kier molecular flexibility index (Phi) is 4.51. The highest BCUT2D eigenvalue weighted by atomic mass is 35.5. The molecule has 3 rings (SSSR count). The minimum Gasteiger partial charge on any atom is -0.339 e. The van der Waals surface area contributed by atoms with Crippen LogP contribution in [0.1, 0.15) is 43.9 Å². The van der Waals surface area contributed by atoms with Crippen LogP contribution in [0.15, 0.2) is 22.9 Å². The Hall–Kier alpha value is -1.46. The minimum absolute atomic E-state index is 0.265. The third-order valence-electron chi connectivity index (χ3n) is 4.12. The fourth-order valence-corrected chi connectivity index (χ4v) is 3.19. The van der Waals surface area contributed by atoms with Crippen molar-refractivity contribution in [3.05, 3.63) is 29.2 Å². The highest BCUT2D eigenvalue weighted by Gasteiger charge is 2.29. The first-order valence-electron chi connectivity index (χ1n) is 7.41. The number of halogens is 1. The summed E-state index contributed by atoms with van der Waals surface area (Å²) >= 11 is 6.14. The molecule has 1 aliphatic carbocycles. The van der Waals surface area contributed by atoms with Crippen LogP contribution in [0, 0.1) is 0 Å². The van der Waals surface area contributed by atoms with Crippen molar-refractivity contribution in [1.29, 1.82) is 0 Å². The van der Waals surface area contributed by atoms with Gasteiger partial charge in [0.05, 0.1) is 10.9 Å². The number of nitrogens with one attached hydrogen (secondary N) is 1. The van der Waals surface area contributed by atoms with Crippen molar-refractivity contribution < 1.29 is 4.52 Å².